The van der Waals surface area contributed by atoms with Gasteiger partial charge in [-0.1, -0.05) is 24.3 Å². The summed E-state index contributed by atoms with van der Waals surface area (Å²) >= 11 is 0. The third-order valence-electron chi connectivity index (χ3n) is 6.70. The molecule has 202 valence electrons. The molecule has 2 amide bonds. The van der Waals surface area contributed by atoms with Gasteiger partial charge in [0.15, 0.2) is 0 Å². The summed E-state index contributed by atoms with van der Waals surface area (Å²) in [4.78, 5) is 41.2. The number of nitriles is 1. The normalized spacial score (nSPS) is 15.1. The van der Waals surface area contributed by atoms with Gasteiger partial charge in [-0.2, -0.15) is 5.26 Å². The van der Waals surface area contributed by atoms with Gasteiger partial charge in [0.1, 0.15) is 6.07 Å². The predicted molar refractivity (Wildman–Crippen MR) is 155 cm³/mol. The van der Waals surface area contributed by atoms with Gasteiger partial charge in [0, 0.05) is 65.7 Å². The van der Waals surface area contributed by atoms with E-state index in [1.807, 2.05) is 49.5 Å². The van der Waals surface area contributed by atoms with Crippen molar-refractivity contribution in [2.45, 2.75) is 12.5 Å². The van der Waals surface area contributed by atoms with Crippen molar-refractivity contribution in [2.24, 2.45) is 0 Å². The van der Waals surface area contributed by atoms with Gasteiger partial charge < -0.3 is 25.4 Å². The van der Waals surface area contributed by atoms with Crippen molar-refractivity contribution in [3.8, 4) is 17.3 Å². The number of carbonyl (C=O) groups is 2. The molecule has 0 aliphatic carbocycles. The molecule has 1 aliphatic heterocycles. The number of amides is 2. The molecule has 1 saturated heterocycles. The lowest BCUT2D eigenvalue weighted by atomic mass is 10.1. The van der Waals surface area contributed by atoms with Crippen LogP contribution in [0.15, 0.2) is 73.1 Å². The number of carbonyl (C=O) groups excluding carboxylic acids is 2. The molecule has 40 heavy (non-hydrogen) atoms. The van der Waals surface area contributed by atoms with Gasteiger partial charge in [-0.25, -0.2) is 9.97 Å². The van der Waals surface area contributed by atoms with E-state index in [1.165, 1.54) is 12.3 Å². The molecule has 0 radical (unpaired) electrons. The van der Waals surface area contributed by atoms with Crippen molar-refractivity contribution >= 4 is 34.4 Å². The summed E-state index contributed by atoms with van der Waals surface area (Å²) < 4.78 is 0. The molecule has 1 unspecified atom stereocenters. The van der Waals surface area contributed by atoms with Crippen LogP contribution in [-0.2, 0) is 4.79 Å². The predicted octanol–water partition coefficient (Wildman–Crippen LogP) is 3.88. The minimum absolute atomic E-state index is 0.0276. The molecular formula is C30H30N8O2. The van der Waals surface area contributed by atoms with Crippen molar-refractivity contribution in [2.75, 3.05) is 44.4 Å². The van der Waals surface area contributed by atoms with Crippen LogP contribution in [0.25, 0.3) is 22.2 Å². The molecule has 4 aromatic rings. The monoisotopic (exact) mass is 534 g/mol. The average molecular weight is 535 g/mol. The standard InChI is InChI=1S/C30H30N8O2/c1-37(2)14-5-8-27(39)34-22-11-9-20(10-12-22)29(40)38-15-13-23(19-38)35-30-33-17-21(16-31)28(36-30)25-18-32-26-7-4-3-6-24(25)26/h3-12,17-18,23,32H,13-15,19H2,1-2H3,(H,34,39)(H,33,35,36)/b8-5+. The Bertz CT molecular complexity index is 1600. The van der Waals surface area contributed by atoms with E-state index in [-0.39, 0.29) is 17.9 Å². The van der Waals surface area contributed by atoms with E-state index in [0.29, 0.717) is 48.1 Å². The van der Waals surface area contributed by atoms with Crippen LogP contribution < -0.4 is 10.6 Å². The third-order valence-corrected chi connectivity index (χ3v) is 6.70. The summed E-state index contributed by atoms with van der Waals surface area (Å²) in [7, 11) is 3.86. The second-order valence-electron chi connectivity index (χ2n) is 9.93. The molecule has 3 heterocycles. The number of aromatic amines is 1. The second kappa shape index (κ2) is 11.8. The first kappa shape index (κ1) is 26.6. The topological polar surface area (TPSA) is 130 Å². The maximum absolute atomic E-state index is 13.1. The minimum atomic E-state index is -0.216. The molecule has 10 heteroatoms. The van der Waals surface area contributed by atoms with Crippen LogP contribution >= 0.6 is 0 Å². The molecule has 5 rings (SSSR count). The fourth-order valence-corrected chi connectivity index (χ4v) is 4.68. The number of benzene rings is 2. The van der Waals surface area contributed by atoms with Crippen molar-refractivity contribution in [3.63, 3.8) is 0 Å². The maximum atomic E-state index is 13.1. The number of para-hydroxylation sites is 1. The zero-order valence-electron chi connectivity index (χ0n) is 22.4. The van der Waals surface area contributed by atoms with Crippen molar-refractivity contribution in [1.29, 1.82) is 5.26 Å². The Morgan fingerprint density at radius 2 is 2.00 bits per heavy atom. The molecule has 2 aromatic heterocycles. The van der Waals surface area contributed by atoms with Gasteiger partial charge in [-0.3, -0.25) is 9.59 Å². The van der Waals surface area contributed by atoms with Gasteiger partial charge in [0.2, 0.25) is 11.9 Å². The SMILES string of the molecule is CN(C)C/C=C/C(=O)Nc1ccc(C(=O)N2CCC(Nc3ncc(C#N)c(-c4c[nH]c5ccccc45)n3)C2)cc1. The molecule has 3 N–H and O–H groups in total. The van der Waals surface area contributed by atoms with Crippen LogP contribution in [0.1, 0.15) is 22.3 Å². The van der Waals surface area contributed by atoms with Crippen LogP contribution in [0.5, 0.6) is 0 Å². The highest BCUT2D eigenvalue weighted by molar-refractivity contribution is 6.00. The minimum Gasteiger partial charge on any atom is -0.360 e. The van der Waals surface area contributed by atoms with Crippen molar-refractivity contribution in [3.05, 3.63) is 84.2 Å². The molecule has 2 aromatic carbocycles. The highest BCUT2D eigenvalue weighted by Gasteiger charge is 2.28. The van der Waals surface area contributed by atoms with E-state index in [0.717, 1.165) is 22.9 Å². The van der Waals surface area contributed by atoms with Crippen LogP contribution in [0.4, 0.5) is 11.6 Å². The van der Waals surface area contributed by atoms with E-state index >= 15 is 0 Å². The van der Waals surface area contributed by atoms with E-state index < -0.39 is 0 Å². The Kier molecular flexibility index (Phi) is 7.84. The number of anilines is 2. The first-order valence-corrected chi connectivity index (χ1v) is 13.0. The quantitative estimate of drug-likeness (QED) is 0.293. The first-order chi connectivity index (χ1) is 19.4. The molecule has 0 bridgehead atoms. The van der Waals surface area contributed by atoms with E-state index in [4.69, 9.17) is 0 Å². The maximum Gasteiger partial charge on any atom is 0.253 e. The highest BCUT2D eigenvalue weighted by Crippen LogP contribution is 2.30. The molecule has 1 aliphatic rings. The molecule has 10 nitrogen and oxygen atoms in total. The van der Waals surface area contributed by atoms with Gasteiger partial charge >= 0.3 is 0 Å². The van der Waals surface area contributed by atoms with Gasteiger partial charge in [0.25, 0.3) is 5.91 Å². The lowest BCUT2D eigenvalue weighted by Gasteiger charge is -2.18. The second-order valence-corrected chi connectivity index (χ2v) is 9.93. The van der Waals surface area contributed by atoms with E-state index in [9.17, 15) is 14.9 Å². The summed E-state index contributed by atoms with van der Waals surface area (Å²) in [6.07, 6.45) is 7.41. The van der Waals surface area contributed by atoms with E-state index in [2.05, 4.69) is 31.7 Å². The third kappa shape index (κ3) is 6.00. The average Bonchev–Trinajstić information content (AvgIpc) is 3.60. The number of likely N-dealkylation sites (tertiary alicyclic amines) is 1. The lowest BCUT2D eigenvalue weighted by Crippen LogP contribution is -2.31. The molecule has 1 atom stereocenters. The lowest BCUT2D eigenvalue weighted by molar-refractivity contribution is -0.111. The highest BCUT2D eigenvalue weighted by atomic mass is 16.2. The molecular weight excluding hydrogens is 504 g/mol. The number of nitrogens with zero attached hydrogens (tertiary/aromatic N) is 5. The van der Waals surface area contributed by atoms with Crippen LogP contribution in [0.3, 0.4) is 0 Å². The number of H-pyrrole nitrogens is 1. The fourth-order valence-electron chi connectivity index (χ4n) is 4.68. The van der Waals surface area contributed by atoms with E-state index in [1.54, 1.807) is 35.2 Å². The summed E-state index contributed by atoms with van der Waals surface area (Å²) in [5.41, 5.74) is 3.93. The van der Waals surface area contributed by atoms with Crippen molar-refractivity contribution < 1.29 is 9.59 Å². The number of fused-ring (bicyclic) bond motifs is 1. The number of hydrogen-bond donors (Lipinski definition) is 3. The number of rotatable bonds is 8. The summed E-state index contributed by atoms with van der Waals surface area (Å²) in [6, 6.07) is 16.9. The zero-order valence-corrected chi connectivity index (χ0v) is 22.4. The summed E-state index contributed by atoms with van der Waals surface area (Å²) in [5, 5.41) is 16.8. The van der Waals surface area contributed by atoms with Gasteiger partial charge in [-0.15, -0.1) is 0 Å². The Labute approximate surface area is 232 Å². The fraction of sp³-hybridized carbons (Fsp3) is 0.233. The van der Waals surface area contributed by atoms with Crippen LogP contribution in [0, 0.1) is 11.3 Å². The van der Waals surface area contributed by atoms with Gasteiger partial charge in [-0.05, 0) is 50.8 Å². The van der Waals surface area contributed by atoms with Gasteiger partial charge in [0.05, 0.1) is 17.5 Å². The zero-order chi connectivity index (χ0) is 28.1. The van der Waals surface area contributed by atoms with Crippen LogP contribution in [0.2, 0.25) is 0 Å². The largest absolute Gasteiger partial charge is 0.360 e. The Morgan fingerprint density at radius 1 is 1.20 bits per heavy atom. The molecule has 1 fully saturated rings. The Balaban J connectivity index is 1.21. The number of aromatic nitrogens is 3. The number of likely N-dealkylation sites (N-methyl/N-ethyl adjacent to an activating group) is 1. The number of nitrogens with one attached hydrogen (secondary N) is 3. The summed E-state index contributed by atoms with van der Waals surface area (Å²) in [5.74, 6) is 0.124. The smallest absolute Gasteiger partial charge is 0.253 e. The number of hydrogen-bond acceptors (Lipinski definition) is 7. The summed E-state index contributed by atoms with van der Waals surface area (Å²) in [6.45, 7) is 1.77. The van der Waals surface area contributed by atoms with Crippen molar-refractivity contribution in [1.82, 2.24) is 24.8 Å². The molecule has 0 saturated carbocycles. The Morgan fingerprint density at radius 3 is 2.77 bits per heavy atom. The molecule has 0 spiro atoms. The first-order valence-electron chi connectivity index (χ1n) is 13.0. The Hall–Kier alpha value is -5.01. The van der Waals surface area contributed by atoms with Crippen LogP contribution in [-0.4, -0.2) is 76.3 Å².